The number of rotatable bonds is 4. The van der Waals surface area contributed by atoms with Crippen LogP contribution >= 0.6 is 23.2 Å². The van der Waals surface area contributed by atoms with Gasteiger partial charge < -0.3 is 0 Å². The van der Waals surface area contributed by atoms with Crippen LogP contribution < -0.4 is 0 Å². The van der Waals surface area contributed by atoms with E-state index in [0.717, 1.165) is 0 Å². The largest absolute Gasteiger partial charge is 0.289 e. The first-order valence-corrected chi connectivity index (χ1v) is 9.85. The maximum atomic E-state index is 14.1. The Hall–Kier alpha value is -3.01. The van der Waals surface area contributed by atoms with E-state index in [0.29, 0.717) is 32.3 Å². The van der Waals surface area contributed by atoms with Crippen LogP contribution in [0.2, 0.25) is 10.0 Å². The lowest BCUT2D eigenvalue weighted by atomic mass is 9.89. The summed E-state index contributed by atoms with van der Waals surface area (Å²) in [4.78, 5) is 13.5. The predicted octanol–water partition coefficient (Wildman–Crippen LogP) is 7.84. The van der Waals surface area contributed by atoms with Gasteiger partial charge in [0.15, 0.2) is 5.78 Å². The van der Waals surface area contributed by atoms with Crippen molar-refractivity contribution in [1.29, 1.82) is 0 Å². The molecule has 0 spiro atoms. The van der Waals surface area contributed by atoms with Crippen LogP contribution in [0.5, 0.6) is 0 Å². The van der Waals surface area contributed by atoms with Gasteiger partial charge in [0.1, 0.15) is 11.6 Å². The summed E-state index contributed by atoms with van der Waals surface area (Å²) < 4.78 is 28.1. The van der Waals surface area contributed by atoms with Gasteiger partial charge in [-0.25, -0.2) is 8.78 Å². The Morgan fingerprint density at radius 1 is 0.567 bits per heavy atom. The fourth-order valence-corrected chi connectivity index (χ4v) is 3.85. The predicted molar refractivity (Wildman–Crippen MR) is 117 cm³/mol. The van der Waals surface area contributed by atoms with E-state index in [-0.39, 0.29) is 16.9 Å². The molecular formula is C25H14Cl2F2O. The molecule has 0 aromatic heterocycles. The molecule has 0 N–H and O–H groups in total. The second-order valence-electron chi connectivity index (χ2n) is 6.67. The highest BCUT2D eigenvalue weighted by Gasteiger charge is 2.21. The average molecular weight is 439 g/mol. The van der Waals surface area contributed by atoms with Crippen LogP contribution in [0, 0.1) is 11.6 Å². The topological polar surface area (TPSA) is 17.1 Å². The molecule has 0 heterocycles. The van der Waals surface area contributed by atoms with Crippen LogP contribution in [0.25, 0.3) is 22.3 Å². The molecule has 0 aliphatic rings. The minimum atomic E-state index is -0.494. The number of hydrogen-bond donors (Lipinski definition) is 0. The van der Waals surface area contributed by atoms with Gasteiger partial charge in [0.05, 0.1) is 0 Å². The van der Waals surface area contributed by atoms with Crippen molar-refractivity contribution in [3.63, 3.8) is 0 Å². The van der Waals surface area contributed by atoms with Gasteiger partial charge in [-0.05, 0) is 59.7 Å². The highest BCUT2D eigenvalue weighted by atomic mass is 35.5. The van der Waals surface area contributed by atoms with E-state index in [1.807, 2.05) is 0 Å². The van der Waals surface area contributed by atoms with Gasteiger partial charge in [0.2, 0.25) is 0 Å². The lowest BCUT2D eigenvalue weighted by Gasteiger charge is -2.14. The number of benzene rings is 4. The fraction of sp³-hybridized carbons (Fsp3) is 0. The summed E-state index contributed by atoms with van der Waals surface area (Å²) in [6.07, 6.45) is 0. The molecule has 0 amide bonds. The summed E-state index contributed by atoms with van der Waals surface area (Å²) in [5.41, 5.74) is 2.29. The number of hydrogen-bond acceptors (Lipinski definition) is 1. The van der Waals surface area contributed by atoms with E-state index < -0.39 is 11.6 Å². The van der Waals surface area contributed by atoms with Gasteiger partial charge >= 0.3 is 0 Å². The number of carbonyl (C=O) groups excluding carboxylic acids is 1. The van der Waals surface area contributed by atoms with Crippen LogP contribution in [-0.4, -0.2) is 5.78 Å². The molecule has 0 saturated heterocycles. The van der Waals surface area contributed by atoms with Crippen molar-refractivity contribution in [3.05, 3.63) is 118 Å². The van der Waals surface area contributed by atoms with Crippen molar-refractivity contribution in [1.82, 2.24) is 0 Å². The molecule has 4 aromatic carbocycles. The summed E-state index contributed by atoms with van der Waals surface area (Å²) in [5, 5.41) is 0.783. The molecule has 1 nitrogen and oxygen atoms in total. The van der Waals surface area contributed by atoms with Crippen molar-refractivity contribution in [2.24, 2.45) is 0 Å². The first-order valence-electron chi connectivity index (χ1n) is 9.09. The van der Waals surface area contributed by atoms with E-state index in [4.69, 9.17) is 23.2 Å². The van der Waals surface area contributed by atoms with Crippen molar-refractivity contribution in [3.8, 4) is 22.3 Å². The molecule has 148 valence electrons. The molecule has 0 radical (unpaired) electrons. The van der Waals surface area contributed by atoms with Gasteiger partial charge in [-0.1, -0.05) is 59.6 Å². The van der Waals surface area contributed by atoms with Crippen molar-refractivity contribution >= 4 is 29.0 Å². The Morgan fingerprint density at radius 3 is 1.37 bits per heavy atom. The van der Waals surface area contributed by atoms with Crippen LogP contribution in [0.4, 0.5) is 8.78 Å². The molecule has 0 fully saturated rings. The molecule has 0 bridgehead atoms. The lowest BCUT2D eigenvalue weighted by molar-refractivity contribution is 0.104. The first kappa shape index (κ1) is 20.3. The van der Waals surface area contributed by atoms with Crippen molar-refractivity contribution in [2.75, 3.05) is 0 Å². The third-order valence-corrected chi connectivity index (χ3v) is 5.44. The highest BCUT2D eigenvalue weighted by molar-refractivity contribution is 6.34. The monoisotopic (exact) mass is 438 g/mol. The quantitative estimate of drug-likeness (QED) is 0.296. The van der Waals surface area contributed by atoms with Crippen LogP contribution in [0.3, 0.4) is 0 Å². The molecule has 0 saturated carbocycles. The Kier molecular flexibility index (Phi) is 5.67. The third kappa shape index (κ3) is 3.87. The molecular weight excluding hydrogens is 425 g/mol. The van der Waals surface area contributed by atoms with E-state index in [1.165, 1.54) is 36.4 Å². The van der Waals surface area contributed by atoms with Crippen molar-refractivity contribution < 1.29 is 13.6 Å². The second kappa shape index (κ2) is 8.39. The molecule has 30 heavy (non-hydrogen) atoms. The standard InChI is InChI=1S/C25H14Cl2F2O/c26-23-7-3-1-5-17(23)21-13-15(28)9-11-19(21)25(30)20-12-10-16(29)14-22(20)18-6-2-4-8-24(18)27/h1-14H. The summed E-state index contributed by atoms with van der Waals surface area (Å²) >= 11 is 12.6. The molecule has 5 heteroatoms. The lowest BCUT2D eigenvalue weighted by Crippen LogP contribution is -2.07. The van der Waals surface area contributed by atoms with E-state index in [2.05, 4.69) is 0 Å². The smallest absolute Gasteiger partial charge is 0.194 e. The third-order valence-electron chi connectivity index (χ3n) is 4.78. The van der Waals surface area contributed by atoms with Crippen LogP contribution in [0.1, 0.15) is 15.9 Å². The summed E-state index contributed by atoms with van der Waals surface area (Å²) in [7, 11) is 0. The van der Waals surface area contributed by atoms with E-state index >= 15 is 0 Å². The molecule has 4 aromatic rings. The fourth-order valence-electron chi connectivity index (χ4n) is 3.38. The Morgan fingerprint density at radius 2 is 0.967 bits per heavy atom. The molecule has 0 atom stereocenters. The molecule has 0 unspecified atom stereocenters. The Labute approximate surface area is 182 Å². The van der Waals surface area contributed by atoms with Gasteiger partial charge in [0, 0.05) is 32.3 Å². The highest BCUT2D eigenvalue weighted by Crippen LogP contribution is 2.36. The minimum absolute atomic E-state index is 0.254. The van der Waals surface area contributed by atoms with Gasteiger partial charge in [-0.3, -0.25) is 4.79 Å². The summed E-state index contributed by atoms with van der Waals surface area (Å²) in [6, 6.07) is 21.6. The molecule has 4 rings (SSSR count). The van der Waals surface area contributed by atoms with E-state index in [9.17, 15) is 13.6 Å². The van der Waals surface area contributed by atoms with Crippen molar-refractivity contribution in [2.45, 2.75) is 0 Å². The normalized spacial score (nSPS) is 10.8. The minimum Gasteiger partial charge on any atom is -0.289 e. The number of ketones is 1. The van der Waals surface area contributed by atoms with Gasteiger partial charge in [0.25, 0.3) is 0 Å². The van der Waals surface area contributed by atoms with E-state index in [1.54, 1.807) is 48.5 Å². The number of carbonyl (C=O) groups is 1. The molecule has 0 aliphatic carbocycles. The SMILES string of the molecule is O=C(c1ccc(F)cc1-c1ccccc1Cl)c1ccc(F)cc1-c1ccccc1Cl. The van der Waals surface area contributed by atoms with Gasteiger partial charge in [-0.15, -0.1) is 0 Å². The number of halogens is 4. The Bertz CT molecular complexity index is 1170. The average Bonchev–Trinajstić information content (AvgIpc) is 2.74. The molecule has 0 aliphatic heterocycles. The van der Waals surface area contributed by atoms with Crippen LogP contribution in [-0.2, 0) is 0 Å². The zero-order valence-electron chi connectivity index (χ0n) is 15.5. The van der Waals surface area contributed by atoms with Gasteiger partial charge in [-0.2, -0.15) is 0 Å². The first-order chi connectivity index (χ1) is 14.5. The second-order valence-corrected chi connectivity index (χ2v) is 7.48. The Balaban J connectivity index is 1.93. The zero-order chi connectivity index (χ0) is 21.3. The zero-order valence-corrected chi connectivity index (χ0v) is 17.0. The summed E-state index contributed by atoms with van der Waals surface area (Å²) in [5.74, 6) is -1.38. The van der Waals surface area contributed by atoms with Crippen LogP contribution in [0.15, 0.2) is 84.9 Å². The maximum Gasteiger partial charge on any atom is 0.194 e. The summed E-state index contributed by atoms with van der Waals surface area (Å²) in [6.45, 7) is 0. The maximum absolute atomic E-state index is 14.1.